The zero-order valence-electron chi connectivity index (χ0n) is 25.1. The maximum absolute atomic E-state index is 13.4. The van der Waals surface area contributed by atoms with Crippen LogP contribution in [0.4, 0.5) is 5.69 Å². The first-order valence-electron chi connectivity index (χ1n) is 15.4. The number of fused-ring (bicyclic) bond motifs is 1. The van der Waals surface area contributed by atoms with Gasteiger partial charge in [0.2, 0.25) is 5.91 Å². The first-order chi connectivity index (χ1) is 21.3. The van der Waals surface area contributed by atoms with E-state index in [0.29, 0.717) is 55.2 Å². The Bertz CT molecular complexity index is 1340. The molecule has 0 saturated heterocycles. The number of nitrogens with zero attached hydrogens (tertiary/aromatic N) is 2. The SMILES string of the molecule is NC(N)=NCCCCC(=O)NCCCCCCNC(=O)c1ccc(CN(C(=O)c2ccc3c(c2)OCC(=O)N3)C2CC2)cc1. The monoisotopic (exact) mass is 605 g/mol. The molecule has 0 aromatic heterocycles. The van der Waals surface area contributed by atoms with E-state index in [9.17, 15) is 19.2 Å². The van der Waals surface area contributed by atoms with Crippen molar-refractivity contribution in [2.45, 2.75) is 70.4 Å². The minimum Gasteiger partial charge on any atom is -0.482 e. The molecule has 12 nitrogen and oxygen atoms in total. The fraction of sp³-hybridized carbons (Fsp3) is 0.469. The Labute approximate surface area is 258 Å². The number of ether oxygens (including phenoxy) is 1. The molecule has 0 spiro atoms. The van der Waals surface area contributed by atoms with Gasteiger partial charge in [-0.05, 0) is 74.4 Å². The van der Waals surface area contributed by atoms with Gasteiger partial charge in [0.15, 0.2) is 12.6 Å². The van der Waals surface area contributed by atoms with Crippen LogP contribution in [-0.4, -0.2) is 66.8 Å². The minimum absolute atomic E-state index is 0.0433. The van der Waals surface area contributed by atoms with Crippen molar-refractivity contribution >= 4 is 35.3 Å². The van der Waals surface area contributed by atoms with E-state index in [1.807, 2.05) is 17.0 Å². The van der Waals surface area contributed by atoms with Gasteiger partial charge in [0, 0.05) is 49.8 Å². The number of rotatable bonds is 17. The summed E-state index contributed by atoms with van der Waals surface area (Å²) in [6.45, 7) is 2.15. The molecule has 4 rings (SSSR count). The molecule has 44 heavy (non-hydrogen) atoms. The normalized spacial score (nSPS) is 13.6. The average molecular weight is 606 g/mol. The van der Waals surface area contributed by atoms with E-state index in [-0.39, 0.29) is 42.2 Å². The summed E-state index contributed by atoms with van der Waals surface area (Å²) in [5.74, 6) is 0.185. The molecule has 1 fully saturated rings. The van der Waals surface area contributed by atoms with Crippen LogP contribution in [0.1, 0.15) is 84.1 Å². The van der Waals surface area contributed by atoms with Gasteiger partial charge in [-0.25, -0.2) is 0 Å². The smallest absolute Gasteiger partial charge is 0.262 e. The highest BCUT2D eigenvalue weighted by atomic mass is 16.5. The van der Waals surface area contributed by atoms with Crippen LogP contribution in [0.2, 0.25) is 0 Å². The molecule has 7 N–H and O–H groups in total. The number of guanidine groups is 1. The summed E-state index contributed by atoms with van der Waals surface area (Å²) in [4.78, 5) is 55.2. The number of nitrogens with two attached hydrogens (primary N) is 2. The van der Waals surface area contributed by atoms with Crippen molar-refractivity contribution < 1.29 is 23.9 Å². The molecule has 12 heteroatoms. The Morgan fingerprint density at radius 1 is 0.909 bits per heavy atom. The summed E-state index contributed by atoms with van der Waals surface area (Å²) in [5, 5.41) is 8.64. The Kier molecular flexibility index (Phi) is 12.0. The molecule has 4 amide bonds. The molecule has 1 heterocycles. The first kappa shape index (κ1) is 32.3. The van der Waals surface area contributed by atoms with E-state index in [1.54, 1.807) is 30.3 Å². The Morgan fingerprint density at radius 3 is 2.32 bits per heavy atom. The summed E-state index contributed by atoms with van der Waals surface area (Å²) in [6, 6.07) is 12.6. The third kappa shape index (κ3) is 10.3. The lowest BCUT2D eigenvalue weighted by atomic mass is 10.1. The lowest BCUT2D eigenvalue weighted by Crippen LogP contribution is -2.33. The fourth-order valence-electron chi connectivity index (χ4n) is 4.91. The van der Waals surface area contributed by atoms with Gasteiger partial charge in [0.05, 0.1) is 5.69 Å². The van der Waals surface area contributed by atoms with E-state index in [1.165, 1.54) is 0 Å². The van der Waals surface area contributed by atoms with E-state index in [4.69, 9.17) is 16.2 Å². The van der Waals surface area contributed by atoms with E-state index in [0.717, 1.165) is 56.9 Å². The van der Waals surface area contributed by atoms with Gasteiger partial charge in [0.25, 0.3) is 17.7 Å². The maximum Gasteiger partial charge on any atom is 0.262 e. The van der Waals surface area contributed by atoms with Gasteiger partial charge in [-0.3, -0.25) is 24.2 Å². The zero-order chi connectivity index (χ0) is 31.3. The van der Waals surface area contributed by atoms with Crippen molar-refractivity contribution in [3.05, 3.63) is 59.2 Å². The van der Waals surface area contributed by atoms with Crippen LogP contribution >= 0.6 is 0 Å². The maximum atomic E-state index is 13.4. The highest BCUT2D eigenvalue weighted by Gasteiger charge is 2.33. The summed E-state index contributed by atoms with van der Waals surface area (Å²) in [5.41, 5.74) is 13.1. The number of amides is 4. The first-order valence-corrected chi connectivity index (χ1v) is 15.4. The lowest BCUT2D eigenvalue weighted by Gasteiger charge is -2.24. The molecule has 2 aromatic rings. The largest absolute Gasteiger partial charge is 0.482 e. The predicted molar refractivity (Wildman–Crippen MR) is 168 cm³/mol. The molecular weight excluding hydrogens is 562 g/mol. The van der Waals surface area contributed by atoms with E-state index < -0.39 is 0 Å². The van der Waals surface area contributed by atoms with Crippen LogP contribution in [0.3, 0.4) is 0 Å². The number of aliphatic imine (C=N–C) groups is 1. The highest BCUT2D eigenvalue weighted by Crippen LogP contribution is 2.33. The van der Waals surface area contributed by atoms with Crippen molar-refractivity contribution in [2.24, 2.45) is 16.5 Å². The van der Waals surface area contributed by atoms with Gasteiger partial charge in [-0.15, -0.1) is 0 Å². The summed E-state index contributed by atoms with van der Waals surface area (Å²) in [6.07, 6.45) is 7.61. The second-order valence-corrected chi connectivity index (χ2v) is 11.2. The van der Waals surface area contributed by atoms with Gasteiger partial charge < -0.3 is 37.1 Å². The van der Waals surface area contributed by atoms with Gasteiger partial charge in [-0.1, -0.05) is 25.0 Å². The number of nitrogens with one attached hydrogen (secondary N) is 3. The third-order valence-electron chi connectivity index (χ3n) is 7.50. The van der Waals surface area contributed by atoms with Crippen molar-refractivity contribution in [1.29, 1.82) is 0 Å². The van der Waals surface area contributed by atoms with Gasteiger partial charge in [0.1, 0.15) is 5.75 Å². The third-order valence-corrected chi connectivity index (χ3v) is 7.50. The predicted octanol–water partition coefficient (Wildman–Crippen LogP) is 2.67. The molecule has 1 aliphatic heterocycles. The molecule has 1 aliphatic carbocycles. The molecule has 0 atom stereocenters. The van der Waals surface area contributed by atoms with Crippen LogP contribution in [0.15, 0.2) is 47.5 Å². The molecule has 0 bridgehead atoms. The summed E-state index contributed by atoms with van der Waals surface area (Å²) in [7, 11) is 0. The van der Waals surface area contributed by atoms with Crippen LogP contribution in [0.5, 0.6) is 5.75 Å². The quantitative estimate of drug-likeness (QED) is 0.104. The van der Waals surface area contributed by atoms with Crippen molar-refractivity contribution in [1.82, 2.24) is 15.5 Å². The Morgan fingerprint density at radius 2 is 1.61 bits per heavy atom. The second-order valence-electron chi connectivity index (χ2n) is 11.2. The molecule has 236 valence electrons. The number of hydrogen-bond acceptors (Lipinski definition) is 6. The highest BCUT2D eigenvalue weighted by molar-refractivity contribution is 5.99. The number of unbranched alkanes of at least 4 members (excludes halogenated alkanes) is 4. The number of carbonyl (C=O) groups is 4. The number of benzene rings is 2. The second kappa shape index (κ2) is 16.3. The lowest BCUT2D eigenvalue weighted by molar-refractivity contribution is -0.121. The summed E-state index contributed by atoms with van der Waals surface area (Å²) < 4.78 is 5.48. The molecule has 2 aromatic carbocycles. The molecule has 0 unspecified atom stereocenters. The van der Waals surface area contributed by atoms with Crippen LogP contribution in [0.25, 0.3) is 0 Å². The standard InChI is InChI=1S/C32H43N7O5/c33-32(34)37-18-6-3-7-28(40)35-16-4-1-2-5-17-36-30(42)23-10-8-22(9-11-23)20-39(25-13-14-25)31(43)24-12-15-26-27(19-24)44-21-29(41)38-26/h8-12,15,19,25H,1-7,13-14,16-18,20-21H2,(H,35,40)(H,36,42)(H,38,41)(H4,33,34,37). The Hall–Kier alpha value is -4.61. The average Bonchev–Trinajstić information content (AvgIpc) is 3.86. The number of anilines is 1. The Balaban J connectivity index is 1.12. The van der Waals surface area contributed by atoms with Crippen molar-refractivity contribution in [3.8, 4) is 5.75 Å². The molecule has 2 aliphatic rings. The number of carbonyl (C=O) groups excluding carboxylic acids is 4. The molecular formula is C32H43N7O5. The zero-order valence-corrected chi connectivity index (χ0v) is 25.1. The van der Waals surface area contributed by atoms with Crippen LogP contribution < -0.4 is 32.2 Å². The van der Waals surface area contributed by atoms with E-state index in [2.05, 4.69) is 20.9 Å². The minimum atomic E-state index is -0.215. The number of hydrogen-bond donors (Lipinski definition) is 5. The molecule has 0 radical (unpaired) electrons. The topological polar surface area (TPSA) is 181 Å². The van der Waals surface area contributed by atoms with Crippen LogP contribution in [-0.2, 0) is 16.1 Å². The summed E-state index contributed by atoms with van der Waals surface area (Å²) >= 11 is 0. The van der Waals surface area contributed by atoms with Gasteiger partial charge in [-0.2, -0.15) is 0 Å². The molecule has 1 saturated carbocycles. The van der Waals surface area contributed by atoms with Gasteiger partial charge >= 0.3 is 0 Å². The fourth-order valence-corrected chi connectivity index (χ4v) is 4.91. The van der Waals surface area contributed by atoms with Crippen LogP contribution in [0, 0.1) is 0 Å². The van der Waals surface area contributed by atoms with Crippen molar-refractivity contribution in [3.63, 3.8) is 0 Å². The van der Waals surface area contributed by atoms with Crippen molar-refractivity contribution in [2.75, 3.05) is 31.6 Å². The van der Waals surface area contributed by atoms with E-state index >= 15 is 0 Å².